The minimum atomic E-state index is -3.78. The normalized spacial score (nSPS) is 19.7. The van der Waals surface area contributed by atoms with Crippen LogP contribution in [0.3, 0.4) is 0 Å². The van der Waals surface area contributed by atoms with Crippen LogP contribution >= 0.6 is 0 Å². The van der Waals surface area contributed by atoms with Crippen LogP contribution in [0.4, 0.5) is 4.39 Å². The monoisotopic (exact) mass is 448 g/mol. The number of ether oxygens (including phenoxy) is 1. The number of aromatic nitrogens is 2. The molecule has 1 amide bonds. The summed E-state index contributed by atoms with van der Waals surface area (Å²) >= 11 is 0. The van der Waals surface area contributed by atoms with Crippen molar-refractivity contribution < 1.29 is 22.3 Å². The van der Waals surface area contributed by atoms with Gasteiger partial charge in [-0.15, -0.1) is 0 Å². The molecular weight excluding hydrogens is 423 g/mol. The first-order chi connectivity index (χ1) is 14.8. The summed E-state index contributed by atoms with van der Waals surface area (Å²) in [7, 11) is -3.78. The van der Waals surface area contributed by atoms with Crippen molar-refractivity contribution in [2.24, 2.45) is 0 Å². The average Bonchev–Trinajstić information content (AvgIpc) is 3.53. The number of carbonyl (C=O) groups is 1. The van der Waals surface area contributed by atoms with Gasteiger partial charge in [0.2, 0.25) is 10.0 Å². The third-order valence-corrected chi connectivity index (χ3v) is 6.00. The van der Waals surface area contributed by atoms with Gasteiger partial charge in [0.15, 0.2) is 0 Å². The Morgan fingerprint density at radius 1 is 1.29 bits per heavy atom. The highest BCUT2D eigenvalue weighted by atomic mass is 32.2. The van der Waals surface area contributed by atoms with E-state index in [1.165, 1.54) is 12.1 Å². The van der Waals surface area contributed by atoms with Crippen LogP contribution in [0.5, 0.6) is 5.75 Å². The number of nitrogens with one attached hydrogen (secondary N) is 1. The number of hydrogen-bond acceptors (Lipinski definition) is 7. The van der Waals surface area contributed by atoms with Gasteiger partial charge in [-0.25, -0.2) is 17.5 Å². The van der Waals surface area contributed by atoms with Crippen molar-refractivity contribution in [3.8, 4) is 5.75 Å². The summed E-state index contributed by atoms with van der Waals surface area (Å²) in [5.74, 6) is -1.13. The Balaban J connectivity index is 1.50. The number of likely N-dealkylation sites (tertiary alicyclic amines) is 1. The second-order valence-electron chi connectivity index (χ2n) is 8.22. The maximum atomic E-state index is 14.7. The lowest BCUT2D eigenvalue weighted by Gasteiger charge is -2.33. The number of amides is 1. The van der Waals surface area contributed by atoms with Gasteiger partial charge in [0.05, 0.1) is 18.0 Å². The Labute approximate surface area is 180 Å². The maximum absolute atomic E-state index is 14.7. The van der Waals surface area contributed by atoms with E-state index >= 15 is 0 Å². The van der Waals surface area contributed by atoms with Gasteiger partial charge < -0.3 is 4.74 Å². The highest BCUT2D eigenvalue weighted by Gasteiger charge is 2.31. The van der Waals surface area contributed by atoms with Crippen molar-refractivity contribution in [1.29, 1.82) is 0 Å². The topological polar surface area (TPSA) is 101 Å². The minimum Gasteiger partial charge on any atom is -0.489 e. The highest BCUT2D eigenvalue weighted by Crippen LogP contribution is 2.45. The number of piperidine rings is 1. The molecule has 0 radical (unpaired) electrons. The quantitative estimate of drug-likeness (QED) is 0.693. The molecule has 1 saturated carbocycles. The largest absolute Gasteiger partial charge is 0.489 e. The molecule has 1 aliphatic heterocycles. The molecule has 1 aromatic carbocycles. The Kier molecular flexibility index (Phi) is 6.19. The first kappa shape index (κ1) is 21.6. The van der Waals surface area contributed by atoms with Gasteiger partial charge in [0.25, 0.3) is 5.91 Å². The smallest absolute Gasteiger partial charge is 0.267 e. The Hall–Kier alpha value is -2.59. The van der Waals surface area contributed by atoms with Crippen LogP contribution in [0.2, 0.25) is 0 Å². The van der Waals surface area contributed by atoms with E-state index in [-0.39, 0.29) is 17.6 Å². The first-order valence-electron chi connectivity index (χ1n) is 10.3. The molecule has 31 heavy (non-hydrogen) atoms. The van der Waals surface area contributed by atoms with Gasteiger partial charge >= 0.3 is 0 Å². The lowest BCUT2D eigenvalue weighted by Crippen LogP contribution is -2.40. The van der Waals surface area contributed by atoms with Crippen LogP contribution in [0.1, 0.15) is 53.1 Å². The van der Waals surface area contributed by atoms with Gasteiger partial charge in [-0.1, -0.05) is 0 Å². The summed E-state index contributed by atoms with van der Waals surface area (Å²) < 4.78 is 45.5. The number of halogens is 1. The fourth-order valence-electron chi connectivity index (χ4n) is 3.89. The van der Waals surface area contributed by atoms with Crippen molar-refractivity contribution >= 4 is 15.9 Å². The van der Waals surface area contributed by atoms with Crippen molar-refractivity contribution in [3.05, 3.63) is 53.1 Å². The van der Waals surface area contributed by atoms with Gasteiger partial charge in [-0.3, -0.25) is 9.69 Å². The zero-order valence-electron chi connectivity index (χ0n) is 17.3. The third kappa shape index (κ3) is 5.76. The number of carbonyl (C=O) groups excluding carboxylic acids is 1. The fraction of sp³-hybridized carbons (Fsp3) is 0.476. The highest BCUT2D eigenvalue weighted by molar-refractivity contribution is 7.89. The Morgan fingerprint density at radius 3 is 2.77 bits per heavy atom. The van der Waals surface area contributed by atoms with Crippen LogP contribution in [0, 0.1) is 5.82 Å². The van der Waals surface area contributed by atoms with E-state index in [9.17, 15) is 17.6 Å². The molecular formula is C21H25FN4O4S. The molecule has 0 bridgehead atoms. The number of benzene rings is 1. The lowest BCUT2D eigenvalue weighted by molar-refractivity contribution is 0.0831. The second-order valence-corrected chi connectivity index (χ2v) is 9.96. The van der Waals surface area contributed by atoms with Gasteiger partial charge in [-0.2, -0.15) is 10.2 Å². The van der Waals surface area contributed by atoms with Crippen molar-refractivity contribution in [3.63, 3.8) is 0 Å². The predicted octanol–water partition coefficient (Wildman–Crippen LogP) is 2.23. The molecule has 166 valence electrons. The number of sulfonamides is 1. The van der Waals surface area contributed by atoms with Gasteiger partial charge in [0, 0.05) is 25.4 Å². The summed E-state index contributed by atoms with van der Waals surface area (Å²) in [6.07, 6.45) is 7.84. The Bertz CT molecular complexity index is 1060. The average molecular weight is 449 g/mol. The second kappa shape index (κ2) is 8.88. The molecule has 0 spiro atoms. The molecule has 1 N–H and O–H groups in total. The van der Waals surface area contributed by atoms with E-state index in [0.29, 0.717) is 12.3 Å². The molecule has 1 atom stereocenters. The minimum absolute atomic E-state index is 0.101. The summed E-state index contributed by atoms with van der Waals surface area (Å²) in [4.78, 5) is 14.5. The van der Waals surface area contributed by atoms with E-state index in [2.05, 4.69) is 15.1 Å². The van der Waals surface area contributed by atoms with Crippen molar-refractivity contribution in [2.45, 2.75) is 44.2 Å². The van der Waals surface area contributed by atoms with Crippen LogP contribution in [-0.4, -0.2) is 54.9 Å². The van der Waals surface area contributed by atoms with E-state index in [0.717, 1.165) is 56.2 Å². The molecule has 8 nitrogen and oxygen atoms in total. The zero-order valence-corrected chi connectivity index (χ0v) is 18.1. The summed E-state index contributed by atoms with van der Waals surface area (Å²) in [5, 5.41) is 7.71. The fourth-order valence-corrected chi connectivity index (χ4v) is 4.33. The summed E-state index contributed by atoms with van der Waals surface area (Å²) in [6.45, 7) is 2.38. The van der Waals surface area contributed by atoms with Gasteiger partial charge in [-0.05, 0) is 61.4 Å². The van der Waals surface area contributed by atoms with E-state index in [1.807, 2.05) is 10.8 Å². The third-order valence-electron chi connectivity index (χ3n) is 5.45. The van der Waals surface area contributed by atoms with E-state index < -0.39 is 21.7 Å². The standard InChI is InChI=1S/C21H25FN4O4S/c1-31(28,29)25-21(27)18-9-17(15-4-5-15)20(10-19(18)22)30-16-3-2-8-26(13-16)12-14-6-7-23-24-11-14/h6-7,9-11,15-16H,2-5,8,12-13H2,1H3,(H,25,27). The van der Waals surface area contributed by atoms with Crippen LogP contribution in [-0.2, 0) is 16.6 Å². The van der Waals surface area contributed by atoms with Crippen molar-refractivity contribution in [1.82, 2.24) is 19.8 Å². The SMILES string of the molecule is CS(=O)(=O)NC(=O)c1cc(C2CC2)c(OC2CCCN(Cc3ccnnc3)C2)cc1F. The first-order valence-corrected chi connectivity index (χ1v) is 12.2. The molecule has 1 aromatic heterocycles. The maximum Gasteiger partial charge on any atom is 0.267 e. The molecule has 4 rings (SSSR count). The molecule has 2 heterocycles. The van der Waals surface area contributed by atoms with E-state index in [1.54, 1.807) is 12.4 Å². The number of nitrogens with zero attached hydrogens (tertiary/aromatic N) is 3. The van der Waals surface area contributed by atoms with Crippen LogP contribution in [0.15, 0.2) is 30.6 Å². The molecule has 2 fully saturated rings. The van der Waals surface area contributed by atoms with E-state index in [4.69, 9.17) is 4.74 Å². The molecule has 1 saturated heterocycles. The predicted molar refractivity (Wildman–Crippen MR) is 112 cm³/mol. The molecule has 1 aliphatic carbocycles. The van der Waals surface area contributed by atoms with Crippen LogP contribution < -0.4 is 9.46 Å². The molecule has 2 aliphatic rings. The lowest BCUT2D eigenvalue weighted by atomic mass is 10.0. The molecule has 1 unspecified atom stereocenters. The molecule has 10 heteroatoms. The Morgan fingerprint density at radius 2 is 2.10 bits per heavy atom. The molecule has 2 aromatic rings. The van der Waals surface area contributed by atoms with Crippen LogP contribution in [0.25, 0.3) is 0 Å². The van der Waals surface area contributed by atoms with Gasteiger partial charge in [0.1, 0.15) is 17.7 Å². The summed E-state index contributed by atoms with van der Waals surface area (Å²) in [5.41, 5.74) is 1.55. The summed E-state index contributed by atoms with van der Waals surface area (Å²) in [6, 6.07) is 4.58. The zero-order chi connectivity index (χ0) is 22.0. The number of rotatable bonds is 7. The van der Waals surface area contributed by atoms with Crippen molar-refractivity contribution in [2.75, 3.05) is 19.3 Å². The number of hydrogen-bond donors (Lipinski definition) is 1.